The Kier molecular flexibility index (Phi) is 4.13. The maximum absolute atomic E-state index is 10.8. The summed E-state index contributed by atoms with van der Waals surface area (Å²) in [5, 5.41) is 9.01. The van der Waals surface area contributed by atoms with Gasteiger partial charge >= 0.3 is 5.97 Å². The topological polar surface area (TPSA) is 37.3 Å². The Balaban J connectivity index is 2.68. The number of thioether (sulfide) groups is 1. The molecule has 0 aromatic rings. The van der Waals surface area contributed by atoms with Crippen molar-refractivity contribution >= 4 is 40.3 Å². The summed E-state index contributed by atoms with van der Waals surface area (Å²) in [7, 11) is 0. The van der Waals surface area contributed by atoms with E-state index in [2.05, 4.69) is 55.2 Å². The summed E-state index contributed by atoms with van der Waals surface area (Å²) in [5.41, 5.74) is -0.0159. The van der Waals surface area contributed by atoms with Crippen LogP contribution in [-0.4, -0.2) is 16.3 Å². The molecule has 1 rings (SSSR count). The van der Waals surface area contributed by atoms with Crippen LogP contribution in [-0.2, 0) is 4.79 Å². The predicted octanol–water partition coefficient (Wildman–Crippen LogP) is 3.27. The third-order valence-corrected chi connectivity index (χ3v) is 4.25. The van der Waals surface area contributed by atoms with Crippen molar-refractivity contribution in [2.24, 2.45) is 5.41 Å². The molecule has 0 radical (unpaired) electrons. The lowest BCUT2D eigenvalue weighted by Gasteiger charge is -2.08. The van der Waals surface area contributed by atoms with Gasteiger partial charge in [-0.15, -0.1) is 11.8 Å². The van der Waals surface area contributed by atoms with Crippen LogP contribution in [0.25, 0.3) is 0 Å². The number of hydrogen-bond donors (Lipinski definition) is 1. The van der Waals surface area contributed by atoms with Gasteiger partial charge in [-0.25, -0.2) is 4.79 Å². The molecule has 1 N–H and O–H groups in total. The minimum atomic E-state index is -0.829. The Morgan fingerprint density at radius 3 is 2.60 bits per heavy atom. The second kappa shape index (κ2) is 4.79. The third-order valence-electron chi connectivity index (χ3n) is 1.67. The van der Waals surface area contributed by atoms with E-state index in [-0.39, 0.29) is 10.7 Å². The second-order valence-corrected chi connectivity index (χ2v) is 6.88. The van der Waals surface area contributed by atoms with Crippen molar-refractivity contribution in [2.45, 2.75) is 32.4 Å². The summed E-state index contributed by atoms with van der Waals surface area (Å²) in [6, 6.07) is 0. The van der Waals surface area contributed by atoms with Crippen LogP contribution in [0.2, 0.25) is 0 Å². The van der Waals surface area contributed by atoms with Crippen LogP contribution < -0.4 is 0 Å². The van der Waals surface area contributed by atoms with Gasteiger partial charge in [0, 0.05) is 15.4 Å². The van der Waals surface area contributed by atoms with Crippen molar-refractivity contribution < 1.29 is 9.90 Å². The summed E-state index contributed by atoms with van der Waals surface area (Å²) >= 11 is 3.46. The van der Waals surface area contributed by atoms with Gasteiger partial charge in [0.05, 0.1) is 5.25 Å². The molecular formula is C11H13IO2S. The average molecular weight is 336 g/mol. The molecule has 0 saturated heterocycles. The summed E-state index contributed by atoms with van der Waals surface area (Å²) < 4.78 is 0.915. The molecule has 0 aromatic carbocycles. The number of hydrogen-bond acceptors (Lipinski definition) is 2. The van der Waals surface area contributed by atoms with E-state index in [1.807, 2.05) is 0 Å². The van der Waals surface area contributed by atoms with E-state index >= 15 is 0 Å². The first-order chi connectivity index (χ1) is 6.79. The summed E-state index contributed by atoms with van der Waals surface area (Å²) in [4.78, 5) is 11.3. The van der Waals surface area contributed by atoms with Crippen molar-refractivity contribution in [3.8, 4) is 11.8 Å². The van der Waals surface area contributed by atoms with Gasteiger partial charge in [0.1, 0.15) is 4.91 Å². The lowest BCUT2D eigenvalue weighted by atomic mass is 9.98. The molecule has 0 saturated carbocycles. The number of carboxylic acids is 1. The van der Waals surface area contributed by atoms with E-state index in [9.17, 15) is 4.79 Å². The van der Waals surface area contributed by atoms with Crippen molar-refractivity contribution in [2.75, 3.05) is 0 Å². The van der Waals surface area contributed by atoms with Gasteiger partial charge in [-0.3, -0.25) is 0 Å². The predicted molar refractivity (Wildman–Crippen MR) is 71.9 cm³/mol. The largest absolute Gasteiger partial charge is 0.477 e. The van der Waals surface area contributed by atoms with Gasteiger partial charge in [0.25, 0.3) is 0 Å². The first kappa shape index (κ1) is 12.9. The molecular weight excluding hydrogens is 323 g/mol. The SMILES string of the molecule is CC(C)(C)C#CC1CC(I)=C(C(=O)O)S1. The fourth-order valence-electron chi connectivity index (χ4n) is 1.05. The van der Waals surface area contributed by atoms with Gasteiger partial charge in [0.2, 0.25) is 0 Å². The zero-order valence-corrected chi connectivity index (χ0v) is 11.9. The molecule has 1 heterocycles. The van der Waals surface area contributed by atoms with Crippen molar-refractivity contribution in [3.63, 3.8) is 0 Å². The van der Waals surface area contributed by atoms with Crippen LogP contribution in [0, 0.1) is 17.3 Å². The molecule has 0 spiro atoms. The summed E-state index contributed by atoms with van der Waals surface area (Å²) in [6.07, 6.45) is 0.760. The first-order valence-electron chi connectivity index (χ1n) is 4.61. The zero-order chi connectivity index (χ0) is 11.6. The van der Waals surface area contributed by atoms with Crippen molar-refractivity contribution in [1.29, 1.82) is 0 Å². The van der Waals surface area contributed by atoms with E-state index in [0.29, 0.717) is 4.91 Å². The van der Waals surface area contributed by atoms with E-state index in [1.165, 1.54) is 11.8 Å². The Morgan fingerprint density at radius 2 is 2.20 bits per heavy atom. The number of halogens is 1. The molecule has 0 fully saturated rings. The molecule has 2 nitrogen and oxygen atoms in total. The minimum Gasteiger partial charge on any atom is -0.477 e. The molecule has 0 aliphatic carbocycles. The Bertz CT molecular complexity index is 368. The van der Waals surface area contributed by atoms with Crippen LogP contribution in [0.4, 0.5) is 0 Å². The monoisotopic (exact) mass is 336 g/mol. The summed E-state index contributed by atoms with van der Waals surface area (Å²) in [6.45, 7) is 6.16. The highest BCUT2D eigenvalue weighted by Crippen LogP contribution is 2.40. The molecule has 1 unspecified atom stereocenters. The second-order valence-electron chi connectivity index (χ2n) is 4.37. The van der Waals surface area contributed by atoms with Gasteiger partial charge in [-0.2, -0.15) is 0 Å². The molecule has 1 atom stereocenters. The van der Waals surface area contributed by atoms with Gasteiger partial charge < -0.3 is 5.11 Å². The van der Waals surface area contributed by atoms with E-state index in [0.717, 1.165) is 10.0 Å². The molecule has 0 amide bonds. The first-order valence-corrected chi connectivity index (χ1v) is 6.57. The normalized spacial score (nSPS) is 21.2. The Morgan fingerprint density at radius 1 is 1.60 bits per heavy atom. The van der Waals surface area contributed by atoms with Crippen LogP contribution in [0.1, 0.15) is 27.2 Å². The number of carbonyl (C=O) groups is 1. The van der Waals surface area contributed by atoms with Gasteiger partial charge in [-0.1, -0.05) is 11.8 Å². The molecule has 0 aromatic heterocycles. The number of aliphatic carboxylic acids is 1. The highest BCUT2D eigenvalue weighted by molar-refractivity contribution is 14.1. The van der Waals surface area contributed by atoms with Crippen molar-refractivity contribution in [1.82, 2.24) is 0 Å². The van der Waals surface area contributed by atoms with Crippen LogP contribution in [0.5, 0.6) is 0 Å². The molecule has 82 valence electrons. The van der Waals surface area contributed by atoms with Crippen molar-refractivity contribution in [3.05, 3.63) is 8.48 Å². The quantitative estimate of drug-likeness (QED) is 0.590. The molecule has 15 heavy (non-hydrogen) atoms. The van der Waals surface area contributed by atoms with Gasteiger partial charge in [0.15, 0.2) is 0 Å². The lowest BCUT2D eigenvalue weighted by molar-refractivity contribution is -0.131. The Hall–Kier alpha value is -0.150. The molecule has 4 heteroatoms. The smallest absolute Gasteiger partial charge is 0.342 e. The minimum absolute atomic E-state index is 0.0159. The van der Waals surface area contributed by atoms with Gasteiger partial charge in [-0.05, 0) is 43.4 Å². The van der Waals surface area contributed by atoms with E-state index in [1.54, 1.807) is 0 Å². The van der Waals surface area contributed by atoms with Crippen LogP contribution in [0.15, 0.2) is 8.48 Å². The fourth-order valence-corrected chi connectivity index (χ4v) is 3.36. The molecule has 1 aliphatic heterocycles. The molecule has 0 bridgehead atoms. The highest BCUT2D eigenvalue weighted by atomic mass is 127. The molecule has 1 aliphatic rings. The Labute approximate surface area is 108 Å². The zero-order valence-electron chi connectivity index (χ0n) is 8.93. The van der Waals surface area contributed by atoms with Crippen LogP contribution >= 0.6 is 34.4 Å². The average Bonchev–Trinajstić information content (AvgIpc) is 2.42. The lowest BCUT2D eigenvalue weighted by Crippen LogP contribution is -2.02. The standard InChI is InChI=1S/C11H13IO2S/c1-11(2,3)5-4-7-6-8(12)9(15-7)10(13)14/h7H,6H2,1-3H3,(H,13,14). The van der Waals surface area contributed by atoms with Crippen LogP contribution in [0.3, 0.4) is 0 Å². The maximum Gasteiger partial charge on any atom is 0.342 e. The summed E-state index contributed by atoms with van der Waals surface area (Å²) in [5.74, 6) is 5.46. The fraction of sp³-hybridized carbons (Fsp3) is 0.545. The number of allylic oxidation sites excluding steroid dienone is 1. The number of rotatable bonds is 1. The third kappa shape index (κ3) is 4.07. The number of carboxylic acid groups (broad SMARTS) is 1. The van der Waals surface area contributed by atoms with E-state index < -0.39 is 5.97 Å². The van der Waals surface area contributed by atoms with E-state index in [4.69, 9.17) is 5.11 Å². The maximum atomic E-state index is 10.8. The highest BCUT2D eigenvalue weighted by Gasteiger charge is 2.26.